The van der Waals surface area contributed by atoms with Crippen molar-refractivity contribution in [2.24, 2.45) is 0 Å². The van der Waals surface area contributed by atoms with Gasteiger partial charge in [-0.3, -0.25) is 0 Å². The topological polar surface area (TPSA) is 25.4 Å². The summed E-state index contributed by atoms with van der Waals surface area (Å²) in [7, 11) is 0. The molecular weight excluding hydrogens is 316 g/mol. The van der Waals surface area contributed by atoms with Crippen LogP contribution in [0, 0.1) is 0 Å². The fourth-order valence-electron chi connectivity index (χ4n) is 2.57. The number of morpholine rings is 1. The smallest absolute Gasteiger partial charge is 0.128 e. The molecule has 0 N–H and O–H groups in total. The lowest BCUT2D eigenvalue weighted by molar-refractivity contribution is -0.0726. The highest BCUT2D eigenvalue weighted by atomic mass is 79.9. The molecule has 1 saturated heterocycles. The number of pyridine rings is 1. The van der Waals surface area contributed by atoms with E-state index in [9.17, 15) is 0 Å². The largest absolute Gasteiger partial charge is 0.368 e. The maximum absolute atomic E-state index is 6.04. The van der Waals surface area contributed by atoms with Gasteiger partial charge in [-0.05, 0) is 30.9 Å². The van der Waals surface area contributed by atoms with Gasteiger partial charge in [-0.2, -0.15) is 0 Å². The first-order chi connectivity index (χ1) is 9.21. The van der Waals surface area contributed by atoms with E-state index in [1.54, 1.807) is 0 Å². The predicted octanol–water partition coefficient (Wildman–Crippen LogP) is 3.76. The Morgan fingerprint density at radius 3 is 2.60 bits per heavy atom. The van der Waals surface area contributed by atoms with Crippen molar-refractivity contribution in [3.63, 3.8) is 0 Å². The van der Waals surface area contributed by atoms with Crippen LogP contribution in [0.15, 0.2) is 18.3 Å². The second kappa shape index (κ2) is 5.64. The molecule has 0 bridgehead atoms. The van der Waals surface area contributed by atoms with E-state index < -0.39 is 0 Å². The lowest BCUT2D eigenvalue weighted by Crippen LogP contribution is -2.53. The molecule has 1 aliphatic rings. The van der Waals surface area contributed by atoms with E-state index >= 15 is 0 Å². The summed E-state index contributed by atoms with van der Waals surface area (Å²) in [4.78, 5) is 6.98. The Morgan fingerprint density at radius 2 is 2.10 bits per heavy atom. The van der Waals surface area contributed by atoms with Crippen LogP contribution >= 0.6 is 15.9 Å². The second-order valence-electron chi connectivity index (χ2n) is 7.19. The van der Waals surface area contributed by atoms with Crippen molar-refractivity contribution in [1.82, 2.24) is 4.98 Å². The third-order valence-electron chi connectivity index (χ3n) is 3.59. The average molecular weight is 341 g/mol. The number of rotatable bonds is 2. The summed E-state index contributed by atoms with van der Waals surface area (Å²) in [5, 5.41) is 0.854. The van der Waals surface area contributed by atoms with Gasteiger partial charge in [0.05, 0.1) is 11.7 Å². The minimum Gasteiger partial charge on any atom is -0.368 e. The first-order valence-corrected chi connectivity index (χ1v) is 8.29. The van der Waals surface area contributed by atoms with Gasteiger partial charge in [0, 0.05) is 24.6 Å². The van der Waals surface area contributed by atoms with E-state index in [4.69, 9.17) is 4.74 Å². The molecule has 1 unspecified atom stereocenters. The predicted molar refractivity (Wildman–Crippen MR) is 87.9 cm³/mol. The number of hydrogen-bond donors (Lipinski definition) is 0. The van der Waals surface area contributed by atoms with Crippen molar-refractivity contribution >= 4 is 21.7 Å². The Morgan fingerprint density at radius 1 is 1.40 bits per heavy atom. The van der Waals surface area contributed by atoms with Gasteiger partial charge in [-0.1, -0.05) is 42.8 Å². The highest BCUT2D eigenvalue weighted by Crippen LogP contribution is 2.27. The number of anilines is 1. The molecule has 0 amide bonds. The summed E-state index contributed by atoms with van der Waals surface area (Å²) in [5.41, 5.74) is 1.28. The minimum absolute atomic E-state index is 0.138. The average Bonchev–Trinajstić information content (AvgIpc) is 2.36. The number of alkyl halides is 1. The number of aromatic nitrogens is 1. The fourth-order valence-corrected chi connectivity index (χ4v) is 2.90. The Hall–Kier alpha value is -0.610. The molecule has 2 rings (SSSR count). The van der Waals surface area contributed by atoms with E-state index in [2.05, 4.69) is 72.6 Å². The van der Waals surface area contributed by atoms with E-state index in [-0.39, 0.29) is 17.1 Å². The van der Waals surface area contributed by atoms with Crippen molar-refractivity contribution in [2.75, 3.05) is 23.3 Å². The van der Waals surface area contributed by atoms with Crippen LogP contribution in [0.4, 0.5) is 5.82 Å². The van der Waals surface area contributed by atoms with Crippen LogP contribution in [-0.2, 0) is 10.2 Å². The molecule has 4 heteroatoms. The minimum atomic E-state index is -0.138. The van der Waals surface area contributed by atoms with Crippen molar-refractivity contribution in [2.45, 2.75) is 51.7 Å². The number of nitrogens with zero attached hydrogens (tertiary/aromatic N) is 2. The normalized spacial score (nSPS) is 22.9. The molecule has 20 heavy (non-hydrogen) atoms. The third kappa shape index (κ3) is 3.73. The molecule has 2 heterocycles. The molecule has 112 valence electrons. The van der Waals surface area contributed by atoms with Crippen molar-refractivity contribution in [3.8, 4) is 0 Å². The summed E-state index contributed by atoms with van der Waals surface area (Å²) in [6.07, 6.45) is 2.21. The summed E-state index contributed by atoms with van der Waals surface area (Å²) in [6.45, 7) is 12.7. The maximum atomic E-state index is 6.04. The van der Waals surface area contributed by atoms with E-state index in [1.807, 2.05) is 6.20 Å². The zero-order valence-electron chi connectivity index (χ0n) is 13.1. The van der Waals surface area contributed by atoms with Gasteiger partial charge >= 0.3 is 0 Å². The van der Waals surface area contributed by atoms with Crippen LogP contribution in [-0.4, -0.2) is 35.1 Å². The van der Waals surface area contributed by atoms with Gasteiger partial charge in [-0.25, -0.2) is 4.98 Å². The molecule has 1 aromatic rings. The van der Waals surface area contributed by atoms with Crippen LogP contribution in [0.1, 0.15) is 40.2 Å². The monoisotopic (exact) mass is 340 g/mol. The quantitative estimate of drug-likeness (QED) is 0.766. The lowest BCUT2D eigenvalue weighted by Gasteiger charge is -2.43. The molecule has 1 aliphatic heterocycles. The molecule has 0 aromatic carbocycles. The summed E-state index contributed by atoms with van der Waals surface area (Å²) in [5.74, 6) is 1.04. The number of halogens is 1. The van der Waals surface area contributed by atoms with Crippen molar-refractivity contribution < 1.29 is 4.74 Å². The fraction of sp³-hybridized carbons (Fsp3) is 0.688. The van der Waals surface area contributed by atoms with Crippen LogP contribution in [0.5, 0.6) is 0 Å². The molecular formula is C16H25BrN2O. The second-order valence-corrected chi connectivity index (χ2v) is 7.84. The third-order valence-corrected chi connectivity index (χ3v) is 4.31. The first-order valence-electron chi connectivity index (χ1n) is 7.16. The van der Waals surface area contributed by atoms with Crippen molar-refractivity contribution in [1.29, 1.82) is 0 Å². The van der Waals surface area contributed by atoms with E-state index in [0.29, 0.717) is 0 Å². The molecule has 1 atom stereocenters. The van der Waals surface area contributed by atoms with Crippen LogP contribution in [0.25, 0.3) is 0 Å². The summed E-state index contributed by atoms with van der Waals surface area (Å²) in [6, 6.07) is 4.32. The van der Waals surface area contributed by atoms with Gasteiger partial charge in [0.1, 0.15) is 5.82 Å². The van der Waals surface area contributed by atoms with Gasteiger partial charge in [-0.15, -0.1) is 0 Å². The van der Waals surface area contributed by atoms with Crippen LogP contribution in [0.3, 0.4) is 0 Å². The highest BCUT2D eigenvalue weighted by Gasteiger charge is 2.33. The molecule has 3 nitrogen and oxygen atoms in total. The van der Waals surface area contributed by atoms with Gasteiger partial charge in [0.15, 0.2) is 0 Å². The first kappa shape index (κ1) is 15.8. The van der Waals surface area contributed by atoms with E-state index in [1.165, 1.54) is 5.56 Å². The summed E-state index contributed by atoms with van der Waals surface area (Å²) < 4.78 is 6.04. The lowest BCUT2D eigenvalue weighted by atomic mass is 9.88. The highest BCUT2D eigenvalue weighted by molar-refractivity contribution is 9.09. The molecule has 1 aromatic heterocycles. The molecule has 0 radical (unpaired) electrons. The molecule has 0 spiro atoms. The van der Waals surface area contributed by atoms with Gasteiger partial charge < -0.3 is 9.64 Å². The van der Waals surface area contributed by atoms with E-state index in [0.717, 1.165) is 24.2 Å². The Labute approximate surface area is 130 Å². The number of hydrogen-bond acceptors (Lipinski definition) is 3. The maximum Gasteiger partial charge on any atom is 0.128 e. The van der Waals surface area contributed by atoms with Crippen molar-refractivity contribution in [3.05, 3.63) is 23.9 Å². The molecule has 1 fully saturated rings. The molecule has 0 aliphatic carbocycles. The van der Waals surface area contributed by atoms with Gasteiger partial charge in [0.25, 0.3) is 0 Å². The zero-order valence-corrected chi connectivity index (χ0v) is 14.7. The van der Waals surface area contributed by atoms with Crippen LogP contribution < -0.4 is 4.90 Å². The number of ether oxygens (including phenoxy) is 1. The van der Waals surface area contributed by atoms with Gasteiger partial charge in [0.2, 0.25) is 0 Å². The Balaban J connectivity index is 2.18. The standard InChI is InChI=1S/C16H25BrN2O/c1-15(2,3)12-6-7-14(18-9-12)19-10-13(8-17)20-16(4,5)11-19/h6-7,9,13H,8,10-11H2,1-5H3. The Bertz CT molecular complexity index is 451. The zero-order chi connectivity index (χ0) is 15.0. The molecule has 0 saturated carbocycles. The Kier molecular flexibility index (Phi) is 4.45. The SMILES string of the molecule is CC1(C)CN(c2ccc(C(C)(C)C)cn2)CC(CBr)O1. The summed E-state index contributed by atoms with van der Waals surface area (Å²) >= 11 is 3.53. The van der Waals surface area contributed by atoms with Crippen LogP contribution in [0.2, 0.25) is 0 Å².